The number of aryl methyl sites for hydroxylation is 1. The van der Waals surface area contributed by atoms with E-state index in [9.17, 15) is 4.79 Å². The summed E-state index contributed by atoms with van der Waals surface area (Å²) in [7, 11) is 0. The van der Waals surface area contributed by atoms with Gasteiger partial charge in [0, 0.05) is 12.0 Å². The van der Waals surface area contributed by atoms with E-state index in [4.69, 9.17) is 9.47 Å². The Morgan fingerprint density at radius 2 is 1.95 bits per heavy atom. The van der Waals surface area contributed by atoms with Crippen molar-refractivity contribution in [3.8, 4) is 17.2 Å². The van der Waals surface area contributed by atoms with Gasteiger partial charge in [-0.1, -0.05) is 45.0 Å². The summed E-state index contributed by atoms with van der Waals surface area (Å²) in [5.74, 6) is 1.97. The summed E-state index contributed by atoms with van der Waals surface area (Å²) < 4.78 is 11.7. The van der Waals surface area contributed by atoms with Gasteiger partial charge in [-0.05, 0) is 29.7 Å². The molecule has 0 fully saturated rings. The second-order valence-electron chi connectivity index (χ2n) is 5.85. The van der Waals surface area contributed by atoms with Crippen LogP contribution >= 0.6 is 0 Å². The first-order valence-electron chi connectivity index (χ1n) is 7.72. The minimum atomic E-state index is -0.207. The molecule has 2 aromatic rings. The van der Waals surface area contributed by atoms with Crippen molar-refractivity contribution in [2.24, 2.45) is 5.92 Å². The average Bonchev–Trinajstić information content (AvgIpc) is 2.53. The summed E-state index contributed by atoms with van der Waals surface area (Å²) in [5, 5.41) is 0. The maximum atomic E-state index is 12.0. The van der Waals surface area contributed by atoms with Gasteiger partial charge in [0.05, 0.1) is 5.92 Å². The Hall–Kier alpha value is -2.29. The summed E-state index contributed by atoms with van der Waals surface area (Å²) in [6.07, 6.45) is 1.54. The first-order valence-corrected chi connectivity index (χ1v) is 7.72. The third-order valence-electron chi connectivity index (χ3n) is 3.91. The average molecular weight is 296 g/mol. The third-order valence-corrected chi connectivity index (χ3v) is 3.91. The van der Waals surface area contributed by atoms with Gasteiger partial charge in [0.2, 0.25) is 0 Å². The lowest BCUT2D eigenvalue weighted by atomic mass is 9.96. The Labute approximate surface area is 130 Å². The molecule has 1 aliphatic rings. The molecule has 0 amide bonds. The van der Waals surface area contributed by atoms with Crippen LogP contribution in [0.25, 0.3) is 0 Å². The fraction of sp³-hybridized carbons (Fsp3) is 0.316. The molecule has 0 atom stereocenters. The van der Waals surface area contributed by atoms with Crippen LogP contribution < -0.4 is 9.47 Å². The quantitative estimate of drug-likeness (QED) is 0.527. The van der Waals surface area contributed by atoms with Crippen molar-refractivity contribution >= 4 is 5.97 Å². The molecular weight excluding hydrogens is 276 g/mol. The van der Waals surface area contributed by atoms with E-state index < -0.39 is 0 Å². The molecule has 3 nitrogen and oxygen atoms in total. The Balaban J connectivity index is 2.05. The molecule has 0 aliphatic carbocycles. The van der Waals surface area contributed by atoms with Gasteiger partial charge in [-0.25, -0.2) is 0 Å². The zero-order chi connectivity index (χ0) is 15.7. The maximum Gasteiger partial charge on any atom is 0.313 e. The zero-order valence-corrected chi connectivity index (χ0v) is 13.2. The van der Waals surface area contributed by atoms with Gasteiger partial charge in [-0.2, -0.15) is 0 Å². The molecule has 0 aromatic heterocycles. The van der Waals surface area contributed by atoms with Crippen molar-refractivity contribution < 1.29 is 14.3 Å². The topological polar surface area (TPSA) is 35.5 Å². The van der Waals surface area contributed by atoms with Crippen LogP contribution in [0.2, 0.25) is 0 Å². The predicted molar refractivity (Wildman–Crippen MR) is 85.6 cm³/mol. The zero-order valence-electron chi connectivity index (χ0n) is 13.2. The Bertz CT molecular complexity index is 717. The van der Waals surface area contributed by atoms with E-state index >= 15 is 0 Å². The third kappa shape index (κ3) is 2.59. The fourth-order valence-corrected chi connectivity index (χ4v) is 2.60. The number of hydrogen-bond donors (Lipinski definition) is 0. The Kier molecular flexibility index (Phi) is 3.88. The number of carbonyl (C=O) groups excluding carboxylic acids is 1. The van der Waals surface area contributed by atoms with Crippen molar-refractivity contribution in [3.05, 3.63) is 53.1 Å². The monoisotopic (exact) mass is 296 g/mol. The van der Waals surface area contributed by atoms with E-state index in [1.54, 1.807) is 0 Å². The van der Waals surface area contributed by atoms with Crippen LogP contribution in [-0.4, -0.2) is 5.97 Å². The van der Waals surface area contributed by atoms with Crippen LogP contribution in [0.1, 0.15) is 37.5 Å². The van der Waals surface area contributed by atoms with Crippen LogP contribution in [0.3, 0.4) is 0 Å². The highest BCUT2D eigenvalue weighted by atomic mass is 16.5. The number of para-hydroxylation sites is 1. The molecule has 22 heavy (non-hydrogen) atoms. The highest BCUT2D eigenvalue weighted by Crippen LogP contribution is 2.42. The number of ether oxygens (including phenoxy) is 2. The molecule has 3 rings (SSSR count). The van der Waals surface area contributed by atoms with Crippen LogP contribution in [0, 0.1) is 5.92 Å². The molecule has 0 radical (unpaired) electrons. The molecule has 2 aromatic carbocycles. The fourth-order valence-electron chi connectivity index (χ4n) is 2.60. The summed E-state index contributed by atoms with van der Waals surface area (Å²) in [5.41, 5.74) is 3.12. The van der Waals surface area contributed by atoms with Crippen LogP contribution in [0.5, 0.6) is 17.2 Å². The highest BCUT2D eigenvalue weighted by Gasteiger charge is 2.24. The second kappa shape index (κ2) is 5.84. The molecule has 0 unspecified atom stereocenters. The molecule has 0 saturated carbocycles. The summed E-state index contributed by atoms with van der Waals surface area (Å²) in [4.78, 5) is 12.0. The maximum absolute atomic E-state index is 12.0. The first-order chi connectivity index (χ1) is 10.6. The van der Waals surface area contributed by atoms with Gasteiger partial charge in [0.25, 0.3) is 0 Å². The normalized spacial score (nSPS) is 12.4. The van der Waals surface area contributed by atoms with Crippen LogP contribution in [0.15, 0.2) is 36.4 Å². The van der Waals surface area contributed by atoms with Crippen molar-refractivity contribution in [2.45, 2.75) is 33.6 Å². The molecule has 0 spiro atoms. The number of hydrogen-bond acceptors (Lipinski definition) is 3. The van der Waals surface area contributed by atoms with Crippen LogP contribution in [-0.2, 0) is 17.6 Å². The molecule has 1 aliphatic heterocycles. The second-order valence-corrected chi connectivity index (χ2v) is 5.85. The minimum absolute atomic E-state index is 0.155. The van der Waals surface area contributed by atoms with E-state index in [0.29, 0.717) is 5.75 Å². The standard InChI is InChI=1S/C19H20O3/c1-4-13-9-10-17-15(18(13)22-19(20)12(2)3)11-14-7-5-6-8-16(14)21-17/h5-10,12H,4,11H2,1-3H3. The van der Waals surface area contributed by atoms with Crippen molar-refractivity contribution in [1.29, 1.82) is 0 Å². The summed E-state index contributed by atoms with van der Waals surface area (Å²) >= 11 is 0. The van der Waals surface area contributed by atoms with Crippen molar-refractivity contribution in [1.82, 2.24) is 0 Å². The number of carbonyl (C=O) groups is 1. The van der Waals surface area contributed by atoms with Gasteiger partial charge in [-0.3, -0.25) is 4.79 Å². The highest BCUT2D eigenvalue weighted by molar-refractivity contribution is 5.76. The lowest BCUT2D eigenvalue weighted by molar-refractivity contribution is -0.137. The largest absolute Gasteiger partial charge is 0.457 e. The molecule has 1 heterocycles. The van der Waals surface area contributed by atoms with Gasteiger partial charge < -0.3 is 9.47 Å². The molecule has 0 bridgehead atoms. The molecule has 0 N–H and O–H groups in total. The van der Waals surface area contributed by atoms with E-state index in [-0.39, 0.29) is 11.9 Å². The molecule has 114 valence electrons. The van der Waals surface area contributed by atoms with E-state index in [2.05, 4.69) is 6.92 Å². The van der Waals surface area contributed by atoms with Gasteiger partial charge in [0.15, 0.2) is 0 Å². The number of rotatable bonds is 3. The van der Waals surface area contributed by atoms with Gasteiger partial charge in [0.1, 0.15) is 17.2 Å². The van der Waals surface area contributed by atoms with Gasteiger partial charge in [-0.15, -0.1) is 0 Å². The minimum Gasteiger partial charge on any atom is -0.457 e. The lowest BCUT2D eigenvalue weighted by Gasteiger charge is -2.24. The molecular formula is C19H20O3. The number of fused-ring (bicyclic) bond motifs is 2. The van der Waals surface area contributed by atoms with Crippen molar-refractivity contribution in [2.75, 3.05) is 0 Å². The lowest BCUT2D eigenvalue weighted by Crippen LogP contribution is -2.18. The van der Waals surface area contributed by atoms with E-state index in [0.717, 1.165) is 41.0 Å². The Morgan fingerprint density at radius 3 is 2.68 bits per heavy atom. The van der Waals surface area contributed by atoms with Crippen molar-refractivity contribution in [3.63, 3.8) is 0 Å². The van der Waals surface area contributed by atoms with E-state index in [1.165, 1.54) is 0 Å². The smallest absolute Gasteiger partial charge is 0.313 e. The predicted octanol–water partition coefficient (Wildman–Crippen LogP) is 4.51. The summed E-state index contributed by atoms with van der Waals surface area (Å²) in [6, 6.07) is 11.9. The Morgan fingerprint density at radius 1 is 1.18 bits per heavy atom. The van der Waals surface area contributed by atoms with Crippen LogP contribution in [0.4, 0.5) is 0 Å². The number of esters is 1. The number of benzene rings is 2. The molecule has 0 saturated heterocycles. The van der Waals surface area contributed by atoms with Gasteiger partial charge >= 0.3 is 5.97 Å². The SMILES string of the molecule is CCc1ccc2c(c1OC(=O)C(C)C)Cc1ccccc1O2. The molecule has 3 heteroatoms. The summed E-state index contributed by atoms with van der Waals surface area (Å²) in [6.45, 7) is 5.75. The van der Waals surface area contributed by atoms with E-state index in [1.807, 2.05) is 50.2 Å². The first kappa shape index (κ1) is 14.6.